The third-order valence-electron chi connectivity index (χ3n) is 0.707. The number of unbranched alkanes of at least 4 members (excludes halogenated alkanes) is 2. The van der Waals surface area contributed by atoms with Crippen molar-refractivity contribution >= 4 is 16.8 Å². The molecule has 0 atom stereocenters. The van der Waals surface area contributed by atoms with Gasteiger partial charge in [0, 0.05) is 16.8 Å². The van der Waals surface area contributed by atoms with Gasteiger partial charge in [0.15, 0.2) is 0 Å². The SMILES string of the molecule is C.C.C.C.C.C.C.C.C.C.C.C.C.CC.CC.CCC.CCCCC.[B].[B].[CH2-]C.[K+]. The van der Waals surface area contributed by atoms with Crippen molar-refractivity contribution in [2.75, 3.05) is 0 Å². The van der Waals surface area contributed by atoms with Crippen LogP contribution in [0.2, 0.25) is 0 Å². The molecule has 0 spiro atoms. The maximum atomic E-state index is 3.25. The van der Waals surface area contributed by atoms with E-state index in [1.54, 1.807) is 6.92 Å². The summed E-state index contributed by atoms with van der Waals surface area (Å²) in [6.45, 7) is 21.7. The molecule has 0 saturated heterocycles. The summed E-state index contributed by atoms with van der Waals surface area (Å²) < 4.78 is 0. The first-order valence-corrected chi connectivity index (χ1v) is 6.54. The van der Waals surface area contributed by atoms with Crippen LogP contribution in [0.1, 0.15) is 185 Å². The molecule has 0 aliphatic rings. The van der Waals surface area contributed by atoms with E-state index in [1.165, 1.54) is 25.7 Å². The Bertz CT molecular complexity index is 30.8. The van der Waals surface area contributed by atoms with Crippen molar-refractivity contribution in [2.24, 2.45) is 0 Å². The van der Waals surface area contributed by atoms with E-state index in [1.807, 2.05) is 27.7 Å². The van der Waals surface area contributed by atoms with E-state index in [2.05, 4.69) is 34.6 Å². The summed E-state index contributed by atoms with van der Waals surface area (Å²) in [5.41, 5.74) is 0. The van der Waals surface area contributed by atoms with Crippen LogP contribution in [0.5, 0.6) is 0 Å². The zero-order valence-electron chi connectivity index (χ0n) is 14.7. The van der Waals surface area contributed by atoms with Crippen molar-refractivity contribution in [3.63, 3.8) is 0 Å². The minimum absolute atomic E-state index is 0. The second kappa shape index (κ2) is 820. The summed E-state index contributed by atoms with van der Waals surface area (Å²) in [5, 5.41) is 0. The van der Waals surface area contributed by atoms with Gasteiger partial charge in [-0.25, -0.2) is 0 Å². The van der Waals surface area contributed by atoms with Gasteiger partial charge in [-0.2, -0.15) is 6.92 Å². The summed E-state index contributed by atoms with van der Waals surface area (Å²) in [6, 6.07) is 0. The monoisotopic (exact) mass is 475 g/mol. The molecule has 3 heteroatoms. The Balaban J connectivity index is -0.00000000162. The van der Waals surface area contributed by atoms with E-state index in [-0.39, 0.29) is 165 Å². The molecule has 30 heavy (non-hydrogen) atoms. The van der Waals surface area contributed by atoms with E-state index < -0.39 is 0 Å². The van der Waals surface area contributed by atoms with E-state index in [0.717, 1.165) is 0 Å². The van der Waals surface area contributed by atoms with Crippen LogP contribution in [0.25, 0.3) is 0 Å². The van der Waals surface area contributed by atoms with Crippen LogP contribution in [-0.2, 0) is 0 Å². The normalized spacial score (nSPS) is 2.60. The van der Waals surface area contributed by atoms with Gasteiger partial charge in [-0.3, -0.25) is 0 Å². The molecule has 0 aliphatic carbocycles. The molecule has 0 aliphatic heterocycles. The second-order valence-electron chi connectivity index (χ2n) is 2.06. The summed E-state index contributed by atoms with van der Waals surface area (Å²) >= 11 is 0. The van der Waals surface area contributed by atoms with Crippen molar-refractivity contribution in [3.05, 3.63) is 6.92 Å². The van der Waals surface area contributed by atoms with Crippen LogP contribution in [-0.4, -0.2) is 16.8 Å². The molecular formula is C27H89B2K. The van der Waals surface area contributed by atoms with Gasteiger partial charge in [0.2, 0.25) is 0 Å². The molecule has 0 amide bonds. The molecule has 0 aromatic carbocycles. The minimum Gasteiger partial charge on any atom is -0.346 e. The molecule has 0 nitrogen and oxygen atoms in total. The number of rotatable bonds is 2. The maximum Gasteiger partial charge on any atom is 1.00 e. The smallest absolute Gasteiger partial charge is 0.346 e. The van der Waals surface area contributed by atoms with E-state index in [9.17, 15) is 0 Å². The molecule has 204 valence electrons. The third-order valence-corrected chi connectivity index (χ3v) is 0.707. The van der Waals surface area contributed by atoms with Crippen LogP contribution in [0.4, 0.5) is 0 Å². The van der Waals surface area contributed by atoms with Gasteiger partial charge in [-0.15, -0.1) is 0 Å². The predicted octanol–water partition coefficient (Wildman–Crippen LogP) is 11.0. The molecule has 0 saturated carbocycles. The Morgan fingerprint density at radius 1 is 0.400 bits per heavy atom. The van der Waals surface area contributed by atoms with Gasteiger partial charge < -0.3 is 6.92 Å². The van der Waals surface area contributed by atoms with Gasteiger partial charge in [0.1, 0.15) is 0 Å². The van der Waals surface area contributed by atoms with Gasteiger partial charge in [0.25, 0.3) is 0 Å². The van der Waals surface area contributed by atoms with Crippen molar-refractivity contribution < 1.29 is 51.4 Å². The predicted molar refractivity (Wildman–Crippen MR) is 174 cm³/mol. The van der Waals surface area contributed by atoms with Crippen LogP contribution in [0.3, 0.4) is 0 Å². The summed E-state index contributed by atoms with van der Waals surface area (Å²) in [6.07, 6.45) is 5.33. The molecule has 0 rings (SSSR count). The van der Waals surface area contributed by atoms with Crippen molar-refractivity contribution in [2.45, 2.75) is 185 Å². The van der Waals surface area contributed by atoms with Gasteiger partial charge >= 0.3 is 51.4 Å². The van der Waals surface area contributed by atoms with Gasteiger partial charge in [0.05, 0.1) is 0 Å². The number of hydrogen-bond acceptors (Lipinski definition) is 0. The molecular weight excluding hydrogens is 385 g/mol. The Morgan fingerprint density at radius 3 is 0.467 bits per heavy atom. The minimum atomic E-state index is 0. The largest absolute Gasteiger partial charge is 1.00 e. The average molecular weight is 475 g/mol. The topological polar surface area (TPSA) is 0 Å². The molecule has 0 heterocycles. The summed E-state index contributed by atoms with van der Waals surface area (Å²) in [5.74, 6) is 0. The molecule has 0 fully saturated rings. The van der Waals surface area contributed by atoms with Crippen molar-refractivity contribution in [3.8, 4) is 0 Å². The Labute approximate surface area is 257 Å². The summed E-state index contributed by atoms with van der Waals surface area (Å²) in [7, 11) is 0. The standard InChI is InChI=1S/C5H12.C3H8.2C2H6.C2H5.13CH4.2B.K/c1-3-5-4-2;1-3-2;3*1-2;;;;;;;;;;;;;;;;/h3-5H2,1-2H3;3H2,1-2H3;2*1-2H3;1H2,2H3;13*1H4;;;/q;;;;-1;;;;;;;;;;;;;;;;+1. The van der Waals surface area contributed by atoms with E-state index in [0.29, 0.717) is 0 Å². The third kappa shape index (κ3) is 1740. The Morgan fingerprint density at radius 2 is 0.467 bits per heavy atom. The first-order chi connectivity index (χ1) is 6.83. The van der Waals surface area contributed by atoms with Gasteiger partial charge in [-0.05, 0) is 0 Å². The molecule has 0 aromatic rings. The zero-order chi connectivity index (χ0) is 12.8. The van der Waals surface area contributed by atoms with Gasteiger partial charge in [-0.1, -0.05) is 178 Å². The zero-order valence-corrected chi connectivity index (χ0v) is 17.8. The molecule has 0 bridgehead atoms. The summed E-state index contributed by atoms with van der Waals surface area (Å²) in [4.78, 5) is 0. The van der Waals surface area contributed by atoms with Crippen LogP contribution < -0.4 is 51.4 Å². The first-order valence-electron chi connectivity index (χ1n) is 6.54. The maximum absolute atomic E-state index is 3.25. The Hall–Kier alpha value is 1.77. The van der Waals surface area contributed by atoms with E-state index in [4.69, 9.17) is 0 Å². The van der Waals surface area contributed by atoms with E-state index >= 15 is 0 Å². The second-order valence-corrected chi connectivity index (χ2v) is 2.06. The van der Waals surface area contributed by atoms with Crippen LogP contribution in [0.15, 0.2) is 0 Å². The fourth-order valence-corrected chi connectivity index (χ4v) is 0.354. The van der Waals surface area contributed by atoms with Crippen LogP contribution in [0, 0.1) is 6.92 Å². The quantitative estimate of drug-likeness (QED) is 0.276. The van der Waals surface area contributed by atoms with Crippen molar-refractivity contribution in [1.82, 2.24) is 0 Å². The average Bonchev–Trinajstić information content (AvgIpc) is 2.29. The van der Waals surface area contributed by atoms with Crippen molar-refractivity contribution in [1.29, 1.82) is 0 Å². The van der Waals surface area contributed by atoms with Crippen LogP contribution >= 0.6 is 0 Å². The molecule has 6 radical (unpaired) electrons. The molecule has 0 N–H and O–H groups in total. The molecule has 0 unspecified atom stereocenters. The molecule has 0 aromatic heterocycles. The Kier molecular flexibility index (Phi) is 7090. The fraction of sp³-hybridized carbons (Fsp3) is 0.963. The fourth-order valence-electron chi connectivity index (χ4n) is 0.354. The first kappa shape index (κ1) is 259. The number of hydrogen-bond donors (Lipinski definition) is 0.